The van der Waals surface area contributed by atoms with Crippen LogP contribution in [0.1, 0.15) is 91.4 Å². The maximum absolute atomic E-state index is 13.7. The fourth-order valence-electron chi connectivity index (χ4n) is 7.46. The van der Waals surface area contributed by atoms with Gasteiger partial charge in [0.05, 0.1) is 18.2 Å². The van der Waals surface area contributed by atoms with E-state index in [0.29, 0.717) is 58.2 Å². The minimum atomic E-state index is -1.59. The van der Waals surface area contributed by atoms with Gasteiger partial charge in [0, 0.05) is 19.5 Å². The van der Waals surface area contributed by atoms with Crippen molar-refractivity contribution in [1.29, 1.82) is 0 Å². The van der Waals surface area contributed by atoms with Crippen molar-refractivity contribution >= 4 is 47.3 Å². The number of nitrogens with two attached hydrogens (primary N) is 2. The van der Waals surface area contributed by atoms with Crippen LogP contribution >= 0.6 is 0 Å². The van der Waals surface area contributed by atoms with Crippen molar-refractivity contribution < 1.29 is 53.7 Å². The van der Waals surface area contributed by atoms with Gasteiger partial charge in [-0.25, -0.2) is 4.79 Å². The molecule has 328 valence electrons. The van der Waals surface area contributed by atoms with Crippen molar-refractivity contribution in [2.75, 3.05) is 32.7 Å². The van der Waals surface area contributed by atoms with E-state index in [4.69, 9.17) is 11.5 Å². The lowest BCUT2D eigenvalue weighted by molar-refractivity contribution is -0.145. The molecule has 3 saturated heterocycles. The van der Waals surface area contributed by atoms with Gasteiger partial charge >= 0.3 is 5.97 Å². The minimum Gasteiger partial charge on any atom is -0.480 e. The number of carboxylic acids is 1. The van der Waals surface area contributed by atoms with Crippen LogP contribution in [0.3, 0.4) is 0 Å². The topological polar surface area (TPSA) is 328 Å². The SMILES string of the molecule is C[C@H](NC(=O)[C@@H]1CCCN1)C(=O)N1C[C@H](O)C[C@H]1C(=O)N[C@@H](CCCCN)C(=O)N[C@H](C(=O)N[C@@H](C)C(=O)N1CCC[C@H]1C(=O)N[C@@H](CCCCN)C(=O)O)[C@@H](C)O. The quantitative estimate of drug-likeness (QED) is 0.0463. The molecule has 7 amide bonds. The number of nitrogens with one attached hydrogen (secondary N) is 6. The lowest BCUT2D eigenvalue weighted by atomic mass is 10.0. The van der Waals surface area contributed by atoms with Crippen molar-refractivity contribution in [3.63, 3.8) is 0 Å². The zero-order valence-electron chi connectivity index (χ0n) is 33.7. The Labute approximate surface area is 338 Å². The predicted molar refractivity (Wildman–Crippen MR) is 208 cm³/mol. The Hall–Kier alpha value is -4.44. The number of hydrogen-bond donors (Lipinski definition) is 11. The highest BCUT2D eigenvalue weighted by molar-refractivity contribution is 5.98. The van der Waals surface area contributed by atoms with Crippen LogP contribution in [0.25, 0.3) is 0 Å². The van der Waals surface area contributed by atoms with Crippen LogP contribution in [0.15, 0.2) is 0 Å². The first-order valence-electron chi connectivity index (χ1n) is 20.4. The fraction of sp³-hybridized carbons (Fsp3) is 0.784. The van der Waals surface area contributed by atoms with E-state index in [9.17, 15) is 53.7 Å². The third kappa shape index (κ3) is 13.6. The minimum absolute atomic E-state index is 0.0655. The number of hydrogen-bond acceptors (Lipinski definition) is 13. The third-order valence-corrected chi connectivity index (χ3v) is 10.7. The Morgan fingerprint density at radius 2 is 1.29 bits per heavy atom. The van der Waals surface area contributed by atoms with Crippen LogP contribution in [0.4, 0.5) is 0 Å². The second kappa shape index (κ2) is 23.2. The molecule has 0 spiro atoms. The van der Waals surface area contributed by atoms with Gasteiger partial charge in [-0.3, -0.25) is 33.6 Å². The van der Waals surface area contributed by atoms with Crippen molar-refractivity contribution in [1.82, 2.24) is 41.7 Å². The number of β-amino-alcohol motifs (C(OH)–C–C–N with tert-alkyl or cyclic N) is 1. The summed E-state index contributed by atoms with van der Waals surface area (Å²) in [5.74, 6) is -5.96. The number of aliphatic carboxylic acids is 1. The molecule has 0 radical (unpaired) electrons. The molecule has 3 fully saturated rings. The highest BCUT2D eigenvalue weighted by atomic mass is 16.4. The monoisotopic (exact) mass is 824 g/mol. The molecular formula is C37H64N10O11. The van der Waals surface area contributed by atoms with E-state index in [-0.39, 0.29) is 44.7 Å². The number of nitrogens with zero attached hydrogens (tertiary/aromatic N) is 2. The second-order valence-corrected chi connectivity index (χ2v) is 15.5. The number of likely N-dealkylation sites (tertiary alicyclic amines) is 2. The molecule has 21 heteroatoms. The number of rotatable bonds is 22. The summed E-state index contributed by atoms with van der Waals surface area (Å²) in [6, 6.07) is -8.84. The summed E-state index contributed by atoms with van der Waals surface area (Å²) < 4.78 is 0. The van der Waals surface area contributed by atoms with Crippen LogP contribution in [0.2, 0.25) is 0 Å². The summed E-state index contributed by atoms with van der Waals surface area (Å²) in [5.41, 5.74) is 11.2. The molecule has 13 N–H and O–H groups in total. The summed E-state index contributed by atoms with van der Waals surface area (Å²) in [6.45, 7) is 5.45. The summed E-state index contributed by atoms with van der Waals surface area (Å²) in [6.07, 6.45) is 1.68. The summed E-state index contributed by atoms with van der Waals surface area (Å²) in [5, 5.41) is 46.4. The number of carboxylic acid groups (broad SMARTS) is 1. The van der Waals surface area contributed by atoms with Gasteiger partial charge < -0.3 is 68.5 Å². The average Bonchev–Trinajstić information content (AvgIpc) is 3.97. The smallest absolute Gasteiger partial charge is 0.326 e. The normalized spacial score (nSPS) is 23.5. The first-order chi connectivity index (χ1) is 27.5. The van der Waals surface area contributed by atoms with Gasteiger partial charge in [0.2, 0.25) is 41.4 Å². The Morgan fingerprint density at radius 3 is 1.88 bits per heavy atom. The molecule has 0 aromatic carbocycles. The van der Waals surface area contributed by atoms with Gasteiger partial charge in [-0.15, -0.1) is 0 Å². The lowest BCUT2D eigenvalue weighted by Crippen LogP contribution is -2.61. The maximum atomic E-state index is 13.7. The highest BCUT2D eigenvalue weighted by Gasteiger charge is 2.43. The largest absolute Gasteiger partial charge is 0.480 e. The molecule has 0 aromatic heterocycles. The number of amides is 7. The first-order valence-corrected chi connectivity index (χ1v) is 20.4. The molecule has 10 atom stereocenters. The molecule has 3 aliphatic heterocycles. The van der Waals surface area contributed by atoms with E-state index in [1.807, 2.05) is 0 Å². The van der Waals surface area contributed by atoms with Gasteiger partial charge in [-0.2, -0.15) is 0 Å². The maximum Gasteiger partial charge on any atom is 0.326 e. The summed E-state index contributed by atoms with van der Waals surface area (Å²) in [4.78, 5) is 108. The molecule has 3 rings (SSSR count). The van der Waals surface area contributed by atoms with E-state index in [2.05, 4.69) is 31.9 Å². The average molecular weight is 825 g/mol. The van der Waals surface area contributed by atoms with Crippen LogP contribution in [0.5, 0.6) is 0 Å². The molecular weight excluding hydrogens is 760 g/mol. The van der Waals surface area contributed by atoms with Crippen LogP contribution in [-0.4, -0.2) is 166 Å². The Balaban J connectivity index is 1.66. The fourth-order valence-corrected chi connectivity index (χ4v) is 7.46. The van der Waals surface area contributed by atoms with Crippen molar-refractivity contribution in [2.24, 2.45) is 11.5 Å². The highest BCUT2D eigenvalue weighted by Crippen LogP contribution is 2.21. The predicted octanol–water partition coefficient (Wildman–Crippen LogP) is -4.12. The molecule has 3 heterocycles. The molecule has 0 saturated carbocycles. The van der Waals surface area contributed by atoms with Crippen LogP contribution in [0, 0.1) is 0 Å². The van der Waals surface area contributed by atoms with Gasteiger partial charge in [0.1, 0.15) is 42.3 Å². The van der Waals surface area contributed by atoms with E-state index in [1.54, 1.807) is 0 Å². The van der Waals surface area contributed by atoms with Gasteiger partial charge in [0.25, 0.3) is 0 Å². The third-order valence-electron chi connectivity index (χ3n) is 10.7. The molecule has 3 aliphatic rings. The van der Waals surface area contributed by atoms with Crippen molar-refractivity contribution in [3.8, 4) is 0 Å². The van der Waals surface area contributed by atoms with Crippen LogP contribution < -0.4 is 43.4 Å². The standard InChI is InChI=1S/C37H64N10O11/c1-20(35(55)46-17-9-13-27(46)32(52)44-26(37(57)58)11-5-7-15-39)42-34(54)29(22(3)48)45-31(51)25(10-4-6-14-38)43-33(53)28-18-23(49)19-47(28)36(56)21(2)41-30(50)24-12-8-16-40-24/h20-29,40,48-49H,4-19,38-39H2,1-3H3,(H,41,50)(H,42,54)(H,43,53)(H,44,52)(H,45,51)(H,57,58)/t20-,21-,22+,23+,24-,25-,26-,27-,28-,29-/m0/s1. The first kappa shape index (κ1) is 47.9. The number of aliphatic hydroxyl groups excluding tert-OH is 2. The molecule has 21 nitrogen and oxygen atoms in total. The molecule has 0 bridgehead atoms. The number of aliphatic hydroxyl groups is 2. The summed E-state index contributed by atoms with van der Waals surface area (Å²) >= 11 is 0. The summed E-state index contributed by atoms with van der Waals surface area (Å²) in [7, 11) is 0. The molecule has 0 aliphatic carbocycles. The van der Waals surface area contributed by atoms with Crippen LogP contribution in [-0.2, 0) is 38.4 Å². The zero-order chi connectivity index (χ0) is 43.1. The second-order valence-electron chi connectivity index (χ2n) is 15.5. The van der Waals surface area contributed by atoms with E-state index < -0.39 is 102 Å². The Bertz CT molecular complexity index is 1460. The van der Waals surface area contributed by atoms with E-state index >= 15 is 0 Å². The molecule has 0 unspecified atom stereocenters. The van der Waals surface area contributed by atoms with Crippen molar-refractivity contribution in [3.05, 3.63) is 0 Å². The van der Waals surface area contributed by atoms with Gasteiger partial charge in [-0.05, 0) is 105 Å². The Kier molecular flexibility index (Phi) is 19.2. The molecule has 58 heavy (non-hydrogen) atoms. The lowest BCUT2D eigenvalue weighted by Gasteiger charge is -2.30. The van der Waals surface area contributed by atoms with Crippen molar-refractivity contribution in [2.45, 2.75) is 152 Å². The van der Waals surface area contributed by atoms with E-state index in [0.717, 1.165) is 11.3 Å². The number of carbonyl (C=O) groups is 8. The van der Waals surface area contributed by atoms with E-state index in [1.165, 1.54) is 25.7 Å². The van der Waals surface area contributed by atoms with Gasteiger partial charge in [-0.1, -0.05) is 0 Å². The zero-order valence-corrected chi connectivity index (χ0v) is 33.7. The number of unbranched alkanes of at least 4 members (excludes halogenated alkanes) is 2. The number of carbonyl (C=O) groups excluding carboxylic acids is 7. The Morgan fingerprint density at radius 1 is 0.707 bits per heavy atom. The molecule has 0 aromatic rings. The van der Waals surface area contributed by atoms with Gasteiger partial charge in [0.15, 0.2) is 0 Å².